The maximum atomic E-state index is 12.6. The Balaban J connectivity index is 1.48. The molecule has 0 heterocycles. The number of hydrogen-bond donors (Lipinski definition) is 2. The van der Waals surface area contributed by atoms with E-state index in [1.807, 2.05) is 31.2 Å². The fraction of sp³-hybridized carbons (Fsp3) is 0.208. The van der Waals surface area contributed by atoms with Gasteiger partial charge in [0.1, 0.15) is 11.5 Å². The molecule has 8 heteroatoms. The van der Waals surface area contributed by atoms with Crippen LogP contribution in [0.2, 0.25) is 0 Å². The van der Waals surface area contributed by atoms with Crippen LogP contribution in [0.15, 0.2) is 77.7 Å². The van der Waals surface area contributed by atoms with Gasteiger partial charge in [0, 0.05) is 17.8 Å². The minimum absolute atomic E-state index is 0.0661. The number of anilines is 1. The first-order valence-corrected chi connectivity index (χ1v) is 11.6. The number of aryl methyl sites for hydroxylation is 1. The lowest BCUT2D eigenvalue weighted by Gasteiger charge is -2.10. The quantitative estimate of drug-likeness (QED) is 0.452. The molecule has 0 aliphatic heterocycles. The van der Waals surface area contributed by atoms with Gasteiger partial charge in [-0.3, -0.25) is 9.52 Å². The Hall–Kier alpha value is -3.52. The monoisotopic (exact) mass is 454 g/mol. The van der Waals surface area contributed by atoms with Gasteiger partial charge in [0.05, 0.1) is 18.6 Å². The van der Waals surface area contributed by atoms with Gasteiger partial charge in [0.15, 0.2) is 0 Å². The van der Waals surface area contributed by atoms with Crippen molar-refractivity contribution in [2.45, 2.75) is 18.2 Å². The minimum atomic E-state index is -3.77. The fourth-order valence-electron chi connectivity index (χ4n) is 2.93. The molecule has 0 spiro atoms. The van der Waals surface area contributed by atoms with Crippen molar-refractivity contribution in [3.05, 3.63) is 83.9 Å². The number of sulfonamides is 1. The molecule has 3 rings (SSSR count). The second-order valence-corrected chi connectivity index (χ2v) is 8.82. The minimum Gasteiger partial charge on any atom is -0.497 e. The highest BCUT2D eigenvalue weighted by Gasteiger charge is 2.15. The largest absolute Gasteiger partial charge is 0.497 e. The summed E-state index contributed by atoms with van der Waals surface area (Å²) in [6, 6.07) is 20.1. The van der Waals surface area contributed by atoms with E-state index in [0.29, 0.717) is 36.6 Å². The second kappa shape index (κ2) is 10.7. The van der Waals surface area contributed by atoms with Crippen molar-refractivity contribution in [3.63, 3.8) is 0 Å². The second-order valence-electron chi connectivity index (χ2n) is 7.13. The molecule has 3 aromatic carbocycles. The van der Waals surface area contributed by atoms with Gasteiger partial charge in [-0.1, -0.05) is 12.1 Å². The summed E-state index contributed by atoms with van der Waals surface area (Å²) in [4.78, 5) is 12.4. The predicted octanol–water partition coefficient (Wildman–Crippen LogP) is 4.00. The number of carbonyl (C=O) groups is 1. The average Bonchev–Trinajstić information content (AvgIpc) is 2.79. The predicted molar refractivity (Wildman–Crippen MR) is 124 cm³/mol. The van der Waals surface area contributed by atoms with Crippen molar-refractivity contribution in [2.24, 2.45) is 0 Å². The number of ether oxygens (including phenoxy) is 2. The maximum absolute atomic E-state index is 12.6. The van der Waals surface area contributed by atoms with Gasteiger partial charge in [-0.05, 0) is 79.6 Å². The molecule has 0 bridgehead atoms. The van der Waals surface area contributed by atoms with Crippen LogP contribution < -0.4 is 19.5 Å². The molecule has 7 nitrogen and oxygen atoms in total. The molecule has 0 fully saturated rings. The summed E-state index contributed by atoms with van der Waals surface area (Å²) in [5.41, 5.74) is 1.92. The van der Waals surface area contributed by atoms with Crippen molar-refractivity contribution in [1.82, 2.24) is 5.32 Å². The van der Waals surface area contributed by atoms with Gasteiger partial charge >= 0.3 is 0 Å². The normalized spacial score (nSPS) is 10.9. The summed E-state index contributed by atoms with van der Waals surface area (Å²) in [7, 11) is -2.23. The molecule has 0 radical (unpaired) electrons. The van der Waals surface area contributed by atoms with Gasteiger partial charge in [-0.25, -0.2) is 8.42 Å². The zero-order chi connectivity index (χ0) is 23.0. The van der Waals surface area contributed by atoms with Gasteiger partial charge in [-0.2, -0.15) is 0 Å². The zero-order valence-corrected chi connectivity index (χ0v) is 18.8. The van der Waals surface area contributed by atoms with Crippen LogP contribution in [-0.2, 0) is 10.0 Å². The highest BCUT2D eigenvalue weighted by atomic mass is 32.2. The number of hydrogen-bond acceptors (Lipinski definition) is 5. The Morgan fingerprint density at radius 2 is 1.66 bits per heavy atom. The van der Waals surface area contributed by atoms with Crippen molar-refractivity contribution in [3.8, 4) is 11.5 Å². The maximum Gasteiger partial charge on any atom is 0.261 e. The molecule has 0 aliphatic rings. The summed E-state index contributed by atoms with van der Waals surface area (Å²) in [5.74, 6) is 1.16. The van der Waals surface area contributed by atoms with Crippen LogP contribution in [0.3, 0.4) is 0 Å². The SMILES string of the molecule is COc1ccc(NS(=O)(=O)c2ccc(C(=O)NCCCOc3cccc(C)c3)cc2)cc1. The van der Waals surface area contributed by atoms with Crippen LogP contribution in [-0.4, -0.2) is 34.6 Å². The van der Waals surface area contributed by atoms with Crippen LogP contribution in [0, 0.1) is 6.92 Å². The Bertz CT molecular complexity index is 1140. The van der Waals surface area contributed by atoms with Crippen LogP contribution in [0.25, 0.3) is 0 Å². The third kappa shape index (κ3) is 6.49. The van der Waals surface area contributed by atoms with Crippen molar-refractivity contribution in [1.29, 1.82) is 0 Å². The highest BCUT2D eigenvalue weighted by molar-refractivity contribution is 7.92. The summed E-state index contributed by atoms with van der Waals surface area (Å²) < 4.78 is 38.3. The molecular formula is C24H26N2O5S. The van der Waals surface area contributed by atoms with Crippen LogP contribution in [0.1, 0.15) is 22.3 Å². The van der Waals surface area contributed by atoms with Crippen LogP contribution >= 0.6 is 0 Å². The third-order valence-corrected chi connectivity index (χ3v) is 6.03. The molecule has 0 atom stereocenters. The number of benzene rings is 3. The van der Waals surface area contributed by atoms with E-state index in [4.69, 9.17) is 9.47 Å². The summed E-state index contributed by atoms with van der Waals surface area (Å²) in [6.45, 7) is 2.93. The van der Waals surface area contributed by atoms with E-state index in [2.05, 4.69) is 10.0 Å². The van der Waals surface area contributed by atoms with E-state index in [-0.39, 0.29) is 10.8 Å². The molecule has 0 unspecified atom stereocenters. The standard InChI is InChI=1S/C24H26N2O5S/c1-18-5-3-6-22(17-18)31-16-4-15-25-24(27)19-7-13-23(14-8-19)32(28,29)26-20-9-11-21(30-2)12-10-20/h3,5-14,17,26H,4,15-16H2,1-2H3,(H,25,27). The number of carbonyl (C=O) groups excluding carboxylic acids is 1. The van der Waals surface area contributed by atoms with Gasteiger partial charge in [-0.15, -0.1) is 0 Å². The molecule has 0 aromatic heterocycles. The Labute approximate surface area is 188 Å². The molecule has 32 heavy (non-hydrogen) atoms. The third-order valence-electron chi connectivity index (χ3n) is 4.63. The van der Waals surface area contributed by atoms with E-state index in [0.717, 1.165) is 11.3 Å². The van der Waals surface area contributed by atoms with E-state index in [1.54, 1.807) is 24.3 Å². The van der Waals surface area contributed by atoms with Crippen molar-refractivity contribution < 1.29 is 22.7 Å². The average molecular weight is 455 g/mol. The van der Waals surface area contributed by atoms with E-state index in [9.17, 15) is 13.2 Å². The molecule has 0 aliphatic carbocycles. The summed E-state index contributed by atoms with van der Waals surface area (Å²) >= 11 is 0. The molecular weight excluding hydrogens is 428 g/mol. The van der Waals surface area contributed by atoms with Gasteiger partial charge in [0.25, 0.3) is 15.9 Å². The lowest BCUT2D eigenvalue weighted by atomic mass is 10.2. The Morgan fingerprint density at radius 3 is 2.31 bits per heavy atom. The topological polar surface area (TPSA) is 93.7 Å². The number of amides is 1. The molecule has 3 aromatic rings. The molecule has 2 N–H and O–H groups in total. The van der Waals surface area contributed by atoms with Gasteiger partial charge in [0.2, 0.25) is 0 Å². The van der Waals surface area contributed by atoms with Crippen molar-refractivity contribution in [2.75, 3.05) is 25.0 Å². The smallest absolute Gasteiger partial charge is 0.261 e. The lowest BCUT2D eigenvalue weighted by Crippen LogP contribution is -2.25. The van der Waals surface area contributed by atoms with Crippen LogP contribution in [0.5, 0.6) is 11.5 Å². The Morgan fingerprint density at radius 1 is 0.938 bits per heavy atom. The zero-order valence-electron chi connectivity index (χ0n) is 18.0. The number of methoxy groups -OCH3 is 1. The van der Waals surface area contributed by atoms with Crippen LogP contribution in [0.4, 0.5) is 5.69 Å². The molecule has 0 saturated carbocycles. The van der Waals surface area contributed by atoms with E-state index >= 15 is 0 Å². The lowest BCUT2D eigenvalue weighted by molar-refractivity contribution is 0.0951. The Kier molecular flexibility index (Phi) is 7.72. The highest BCUT2D eigenvalue weighted by Crippen LogP contribution is 2.19. The first-order valence-electron chi connectivity index (χ1n) is 10.1. The number of nitrogens with one attached hydrogen (secondary N) is 2. The van der Waals surface area contributed by atoms with E-state index < -0.39 is 10.0 Å². The summed E-state index contributed by atoms with van der Waals surface area (Å²) in [5, 5.41) is 2.81. The molecule has 0 saturated heterocycles. The fourth-order valence-corrected chi connectivity index (χ4v) is 3.99. The molecule has 1 amide bonds. The van der Waals surface area contributed by atoms with Crippen molar-refractivity contribution >= 4 is 21.6 Å². The summed E-state index contributed by atoms with van der Waals surface area (Å²) in [6.07, 6.45) is 0.651. The van der Waals surface area contributed by atoms with E-state index in [1.165, 1.54) is 31.4 Å². The number of rotatable bonds is 10. The molecule has 168 valence electrons. The first-order chi connectivity index (χ1) is 15.4. The first kappa shape index (κ1) is 23.1. The van der Waals surface area contributed by atoms with Gasteiger partial charge < -0.3 is 14.8 Å².